The number of carbonyl (C=O) groups is 1. The van der Waals surface area contributed by atoms with Crippen LogP contribution in [0.15, 0.2) is 97.1 Å². The molecule has 2 atom stereocenters. The first kappa shape index (κ1) is 26.4. The van der Waals surface area contributed by atoms with Gasteiger partial charge in [-0.3, -0.25) is 4.79 Å². The minimum Gasteiger partial charge on any atom is -0.473 e. The molecular formula is C33H34N2O4. The molecular weight excluding hydrogens is 488 g/mol. The molecule has 5 rings (SSSR count). The molecule has 0 radical (unpaired) electrons. The van der Waals surface area contributed by atoms with Crippen molar-refractivity contribution in [3.05, 3.63) is 114 Å². The Morgan fingerprint density at radius 2 is 1.51 bits per heavy atom. The summed E-state index contributed by atoms with van der Waals surface area (Å²) in [5.74, 6) is 0.872. The third kappa shape index (κ3) is 7.03. The molecule has 2 unspecified atom stereocenters. The molecule has 6 nitrogen and oxygen atoms in total. The van der Waals surface area contributed by atoms with Crippen molar-refractivity contribution in [3.8, 4) is 22.9 Å². The van der Waals surface area contributed by atoms with Gasteiger partial charge in [0.05, 0.1) is 12.5 Å². The largest absolute Gasteiger partial charge is 0.473 e. The average molecular weight is 523 g/mol. The SMILES string of the molecule is CCOC(=O)C1CCNC(c2ccc(-c3ccc(OCc4ccccc4)nc3OCc3ccccc3)cc2)C1. The van der Waals surface area contributed by atoms with Crippen LogP contribution in [0.4, 0.5) is 0 Å². The highest BCUT2D eigenvalue weighted by atomic mass is 16.5. The van der Waals surface area contributed by atoms with Gasteiger partial charge in [0.15, 0.2) is 0 Å². The summed E-state index contributed by atoms with van der Waals surface area (Å²) < 4.78 is 17.5. The number of hydrogen-bond donors (Lipinski definition) is 1. The van der Waals surface area contributed by atoms with Crippen LogP contribution in [0.25, 0.3) is 11.1 Å². The maximum Gasteiger partial charge on any atom is 0.309 e. The van der Waals surface area contributed by atoms with E-state index in [-0.39, 0.29) is 17.9 Å². The maximum atomic E-state index is 12.3. The highest BCUT2D eigenvalue weighted by Gasteiger charge is 2.28. The lowest BCUT2D eigenvalue weighted by atomic mass is 9.88. The molecule has 4 aromatic rings. The zero-order valence-electron chi connectivity index (χ0n) is 22.2. The topological polar surface area (TPSA) is 69.7 Å². The Bertz CT molecular complexity index is 1340. The lowest BCUT2D eigenvalue weighted by molar-refractivity contribution is -0.149. The van der Waals surface area contributed by atoms with Gasteiger partial charge in [-0.15, -0.1) is 0 Å². The van der Waals surface area contributed by atoms with E-state index in [1.54, 1.807) is 0 Å². The summed E-state index contributed by atoms with van der Waals surface area (Å²) in [7, 11) is 0. The fourth-order valence-corrected chi connectivity index (χ4v) is 4.83. The fraction of sp³-hybridized carbons (Fsp3) is 0.273. The summed E-state index contributed by atoms with van der Waals surface area (Å²) in [4.78, 5) is 17.0. The second kappa shape index (κ2) is 13.1. The third-order valence-electron chi connectivity index (χ3n) is 6.93. The van der Waals surface area contributed by atoms with Crippen molar-refractivity contribution in [3.63, 3.8) is 0 Å². The maximum absolute atomic E-state index is 12.3. The van der Waals surface area contributed by atoms with Gasteiger partial charge in [-0.1, -0.05) is 84.9 Å². The second-order valence-electron chi connectivity index (χ2n) is 9.65. The Balaban J connectivity index is 1.34. The van der Waals surface area contributed by atoms with E-state index in [0.717, 1.165) is 47.2 Å². The van der Waals surface area contributed by atoms with Gasteiger partial charge in [-0.25, -0.2) is 0 Å². The number of esters is 1. The van der Waals surface area contributed by atoms with Crippen LogP contribution in [-0.4, -0.2) is 24.1 Å². The molecule has 1 fully saturated rings. The zero-order chi connectivity index (χ0) is 26.9. The minimum absolute atomic E-state index is 0.0681. The van der Waals surface area contributed by atoms with Crippen molar-refractivity contribution < 1.29 is 19.0 Å². The van der Waals surface area contributed by atoms with Gasteiger partial charge in [-0.2, -0.15) is 4.98 Å². The minimum atomic E-state index is -0.0959. The van der Waals surface area contributed by atoms with E-state index in [0.29, 0.717) is 31.6 Å². The zero-order valence-corrected chi connectivity index (χ0v) is 22.2. The summed E-state index contributed by atoms with van der Waals surface area (Å²) in [6.07, 6.45) is 1.54. The Morgan fingerprint density at radius 3 is 2.18 bits per heavy atom. The van der Waals surface area contributed by atoms with Gasteiger partial charge in [0, 0.05) is 17.7 Å². The number of carbonyl (C=O) groups excluding carboxylic acids is 1. The molecule has 1 saturated heterocycles. The molecule has 1 aliphatic rings. The van der Waals surface area contributed by atoms with E-state index in [9.17, 15) is 4.79 Å². The molecule has 6 heteroatoms. The molecule has 1 aromatic heterocycles. The number of aromatic nitrogens is 1. The van der Waals surface area contributed by atoms with Crippen molar-refractivity contribution in [1.82, 2.24) is 10.3 Å². The molecule has 39 heavy (non-hydrogen) atoms. The van der Waals surface area contributed by atoms with E-state index in [1.807, 2.05) is 79.7 Å². The molecule has 0 aliphatic carbocycles. The van der Waals surface area contributed by atoms with Crippen molar-refractivity contribution in [2.45, 2.75) is 39.0 Å². The Labute approximate surface area is 230 Å². The lowest BCUT2D eigenvalue weighted by Gasteiger charge is -2.29. The van der Waals surface area contributed by atoms with Crippen LogP contribution >= 0.6 is 0 Å². The number of nitrogens with zero attached hydrogens (tertiary/aromatic N) is 1. The number of ether oxygens (including phenoxy) is 3. The second-order valence-corrected chi connectivity index (χ2v) is 9.65. The van der Waals surface area contributed by atoms with E-state index in [4.69, 9.17) is 19.2 Å². The first-order valence-electron chi connectivity index (χ1n) is 13.5. The molecule has 2 heterocycles. The molecule has 0 bridgehead atoms. The summed E-state index contributed by atoms with van der Waals surface area (Å²) in [6.45, 7) is 3.90. The molecule has 1 aliphatic heterocycles. The van der Waals surface area contributed by atoms with Crippen LogP contribution < -0.4 is 14.8 Å². The Hall–Kier alpha value is -4.16. The lowest BCUT2D eigenvalue weighted by Crippen LogP contribution is -2.35. The van der Waals surface area contributed by atoms with Crippen LogP contribution in [0.5, 0.6) is 11.8 Å². The number of nitrogens with one attached hydrogen (secondary N) is 1. The van der Waals surface area contributed by atoms with Gasteiger partial charge >= 0.3 is 5.97 Å². The molecule has 1 N–H and O–H groups in total. The normalized spacial score (nSPS) is 16.8. The Kier molecular flexibility index (Phi) is 8.86. The van der Waals surface area contributed by atoms with Gasteiger partial charge in [0.1, 0.15) is 13.2 Å². The highest BCUT2D eigenvalue weighted by molar-refractivity contribution is 5.73. The van der Waals surface area contributed by atoms with Gasteiger partial charge in [0.25, 0.3) is 0 Å². The van der Waals surface area contributed by atoms with Crippen LogP contribution in [-0.2, 0) is 22.7 Å². The van der Waals surface area contributed by atoms with Gasteiger partial charge < -0.3 is 19.5 Å². The van der Waals surface area contributed by atoms with E-state index in [1.165, 1.54) is 0 Å². The number of pyridine rings is 1. The summed E-state index contributed by atoms with van der Waals surface area (Å²) >= 11 is 0. The third-order valence-corrected chi connectivity index (χ3v) is 6.93. The first-order valence-corrected chi connectivity index (χ1v) is 13.5. The highest BCUT2D eigenvalue weighted by Crippen LogP contribution is 2.34. The number of piperidine rings is 1. The standard InChI is InChI=1S/C33H34N2O4/c1-2-37-33(36)28-19-20-34-30(21-28)27-15-13-26(14-16-27)29-17-18-31(38-22-24-9-5-3-6-10-24)35-32(29)39-23-25-11-7-4-8-12-25/h3-18,28,30,34H,2,19-23H2,1H3. The van der Waals surface area contributed by atoms with E-state index in [2.05, 4.69) is 29.6 Å². The van der Waals surface area contributed by atoms with Crippen LogP contribution in [0, 0.1) is 5.92 Å². The average Bonchev–Trinajstić information content (AvgIpc) is 3.00. The van der Waals surface area contributed by atoms with E-state index < -0.39 is 0 Å². The predicted octanol–water partition coefficient (Wildman–Crippen LogP) is 6.51. The predicted molar refractivity (Wildman–Crippen MR) is 151 cm³/mol. The first-order chi connectivity index (χ1) is 19.2. The molecule has 0 saturated carbocycles. The van der Waals surface area contributed by atoms with Crippen LogP contribution in [0.3, 0.4) is 0 Å². The smallest absolute Gasteiger partial charge is 0.309 e. The van der Waals surface area contributed by atoms with Gasteiger partial charge in [-0.05, 0) is 54.6 Å². The van der Waals surface area contributed by atoms with Crippen LogP contribution in [0.2, 0.25) is 0 Å². The van der Waals surface area contributed by atoms with Crippen LogP contribution in [0.1, 0.15) is 42.5 Å². The molecule has 200 valence electrons. The quantitative estimate of drug-likeness (QED) is 0.240. The van der Waals surface area contributed by atoms with Crippen molar-refractivity contribution in [2.24, 2.45) is 5.92 Å². The molecule has 0 amide bonds. The molecule has 3 aromatic carbocycles. The fourth-order valence-electron chi connectivity index (χ4n) is 4.83. The summed E-state index contributed by atoms with van der Waals surface area (Å²) in [5.41, 5.74) is 5.19. The molecule has 0 spiro atoms. The van der Waals surface area contributed by atoms with Crippen molar-refractivity contribution in [1.29, 1.82) is 0 Å². The summed E-state index contributed by atoms with van der Waals surface area (Å²) in [5, 5.41) is 3.55. The summed E-state index contributed by atoms with van der Waals surface area (Å²) in [6, 6.07) is 32.5. The van der Waals surface area contributed by atoms with Crippen molar-refractivity contribution >= 4 is 5.97 Å². The monoisotopic (exact) mass is 522 g/mol. The Morgan fingerprint density at radius 1 is 0.846 bits per heavy atom. The van der Waals surface area contributed by atoms with E-state index >= 15 is 0 Å². The number of rotatable bonds is 10. The van der Waals surface area contributed by atoms with Crippen molar-refractivity contribution in [2.75, 3.05) is 13.2 Å². The number of benzene rings is 3. The number of hydrogen-bond acceptors (Lipinski definition) is 6. The van der Waals surface area contributed by atoms with Gasteiger partial charge in [0.2, 0.25) is 11.8 Å².